The Hall–Kier alpha value is -2.37. The lowest BCUT2D eigenvalue weighted by atomic mass is 9.99. The Morgan fingerprint density at radius 3 is 1.35 bits per heavy atom. The molecule has 1 saturated heterocycles. The summed E-state index contributed by atoms with van der Waals surface area (Å²) in [4.78, 5) is 13.1. The van der Waals surface area contributed by atoms with E-state index in [1.807, 2.05) is 6.08 Å². The van der Waals surface area contributed by atoms with E-state index in [2.05, 4.69) is 79.9 Å². The van der Waals surface area contributed by atoms with Gasteiger partial charge in [0.25, 0.3) is 0 Å². The van der Waals surface area contributed by atoms with Gasteiger partial charge in [-0.15, -0.1) is 0 Å². The highest BCUT2D eigenvalue weighted by Crippen LogP contribution is 2.23. The normalized spacial score (nSPS) is 19.8. The van der Waals surface area contributed by atoms with Crippen LogP contribution < -0.4 is 5.32 Å². The van der Waals surface area contributed by atoms with Gasteiger partial charge in [-0.1, -0.05) is 254 Å². The first-order chi connectivity index (χ1) is 34.8. The van der Waals surface area contributed by atoms with Crippen LogP contribution in [0.25, 0.3) is 0 Å². The molecule has 9 heteroatoms. The molecule has 7 atom stereocenters. The Morgan fingerprint density at radius 1 is 0.493 bits per heavy atom. The number of carbonyl (C=O) groups excluding carboxylic acids is 1. The molecule has 0 bridgehead atoms. The fourth-order valence-electron chi connectivity index (χ4n) is 9.11. The van der Waals surface area contributed by atoms with Crippen molar-refractivity contribution in [2.75, 3.05) is 13.2 Å². The topological polar surface area (TPSA) is 149 Å². The molecule has 6 N–H and O–H groups in total. The summed E-state index contributed by atoms with van der Waals surface area (Å²) in [7, 11) is 0. The molecule has 7 unspecified atom stereocenters. The van der Waals surface area contributed by atoms with E-state index in [0.29, 0.717) is 6.42 Å². The first-order valence-corrected chi connectivity index (χ1v) is 29.7. The van der Waals surface area contributed by atoms with Crippen LogP contribution in [0.4, 0.5) is 0 Å². The Morgan fingerprint density at radius 2 is 0.887 bits per heavy atom. The molecule has 1 aliphatic rings. The summed E-state index contributed by atoms with van der Waals surface area (Å²) in [6.07, 6.45) is 64.0. The van der Waals surface area contributed by atoms with Crippen molar-refractivity contribution in [3.05, 3.63) is 72.9 Å². The van der Waals surface area contributed by atoms with Crippen LogP contribution in [-0.2, 0) is 14.3 Å². The van der Waals surface area contributed by atoms with Gasteiger partial charge in [0.05, 0.1) is 25.4 Å². The zero-order valence-electron chi connectivity index (χ0n) is 45.7. The quantitative estimate of drug-likeness (QED) is 0.0261. The lowest BCUT2D eigenvalue weighted by Gasteiger charge is -2.40. The minimum atomic E-state index is -1.58. The highest BCUT2D eigenvalue weighted by molar-refractivity contribution is 5.76. The van der Waals surface area contributed by atoms with Crippen molar-refractivity contribution in [2.45, 2.75) is 301 Å². The molecule has 0 radical (unpaired) electrons. The summed E-state index contributed by atoms with van der Waals surface area (Å²) in [6, 6.07) is -0.827. The van der Waals surface area contributed by atoms with Gasteiger partial charge < -0.3 is 40.3 Å². The van der Waals surface area contributed by atoms with Gasteiger partial charge in [-0.25, -0.2) is 0 Å². The van der Waals surface area contributed by atoms with E-state index in [4.69, 9.17) is 9.47 Å². The van der Waals surface area contributed by atoms with E-state index >= 15 is 0 Å². The zero-order valence-corrected chi connectivity index (χ0v) is 45.7. The van der Waals surface area contributed by atoms with Crippen molar-refractivity contribution in [2.24, 2.45) is 0 Å². The summed E-state index contributed by atoms with van der Waals surface area (Å²) in [5, 5.41) is 54.5. The molecular formula is C62H111NO8. The Labute approximate surface area is 436 Å². The van der Waals surface area contributed by atoms with Gasteiger partial charge in [-0.3, -0.25) is 4.79 Å². The van der Waals surface area contributed by atoms with E-state index in [1.54, 1.807) is 6.08 Å². The van der Waals surface area contributed by atoms with Crippen LogP contribution in [0.15, 0.2) is 72.9 Å². The molecule has 0 saturated carbocycles. The average Bonchev–Trinajstić information content (AvgIpc) is 3.37. The van der Waals surface area contributed by atoms with Crippen molar-refractivity contribution in [3.8, 4) is 0 Å². The van der Waals surface area contributed by atoms with Crippen LogP contribution in [0, 0.1) is 0 Å². The van der Waals surface area contributed by atoms with Crippen molar-refractivity contribution >= 4 is 5.91 Å². The maximum Gasteiger partial charge on any atom is 0.220 e. The van der Waals surface area contributed by atoms with Crippen molar-refractivity contribution in [1.29, 1.82) is 0 Å². The average molecular weight is 999 g/mol. The largest absolute Gasteiger partial charge is 0.394 e. The highest BCUT2D eigenvalue weighted by Gasteiger charge is 2.44. The molecule has 412 valence electrons. The third-order valence-corrected chi connectivity index (χ3v) is 13.8. The number of unbranched alkanes of at least 4 members (excludes halogenated alkanes) is 30. The molecule has 1 fully saturated rings. The number of carbonyl (C=O) groups is 1. The van der Waals surface area contributed by atoms with Crippen LogP contribution >= 0.6 is 0 Å². The van der Waals surface area contributed by atoms with Crippen molar-refractivity contribution in [1.82, 2.24) is 5.32 Å². The van der Waals surface area contributed by atoms with Crippen LogP contribution in [0.2, 0.25) is 0 Å². The minimum Gasteiger partial charge on any atom is -0.394 e. The first-order valence-electron chi connectivity index (χ1n) is 29.7. The second-order valence-corrected chi connectivity index (χ2v) is 20.4. The van der Waals surface area contributed by atoms with Gasteiger partial charge in [0.2, 0.25) is 5.91 Å². The van der Waals surface area contributed by atoms with Crippen LogP contribution in [0.3, 0.4) is 0 Å². The lowest BCUT2D eigenvalue weighted by Crippen LogP contribution is -2.60. The molecule has 1 heterocycles. The number of aliphatic hydroxyl groups is 5. The van der Waals surface area contributed by atoms with E-state index in [-0.39, 0.29) is 12.5 Å². The summed E-state index contributed by atoms with van der Waals surface area (Å²) >= 11 is 0. The lowest BCUT2D eigenvalue weighted by molar-refractivity contribution is -0.302. The molecule has 9 nitrogen and oxygen atoms in total. The second-order valence-electron chi connectivity index (χ2n) is 20.4. The molecule has 0 aromatic heterocycles. The van der Waals surface area contributed by atoms with Crippen LogP contribution in [0.1, 0.15) is 258 Å². The van der Waals surface area contributed by atoms with Gasteiger partial charge in [-0.05, 0) is 70.6 Å². The number of nitrogens with one attached hydrogen (secondary N) is 1. The molecule has 0 aliphatic carbocycles. The Balaban J connectivity index is 2.24. The molecule has 0 aromatic carbocycles. The SMILES string of the molecule is CC/C=C\C/C=C\C/C=C\C/C=C\CCCCCCCCCCCCCCC(=O)NC(COC1OC(CO)C(O)C(O)C1O)C(O)/C=C/CC/C=C/CCCCCCCCCCCCCCCCCCC. The fraction of sp³-hybridized carbons (Fsp3) is 0.790. The minimum absolute atomic E-state index is 0.189. The van der Waals surface area contributed by atoms with E-state index in [9.17, 15) is 30.3 Å². The number of allylic oxidation sites excluding steroid dienone is 11. The Bertz CT molecular complexity index is 1340. The van der Waals surface area contributed by atoms with E-state index in [0.717, 1.165) is 64.2 Å². The summed E-state index contributed by atoms with van der Waals surface area (Å²) < 4.78 is 11.3. The maximum absolute atomic E-state index is 13.1. The molecule has 1 rings (SSSR count). The number of ether oxygens (including phenoxy) is 2. The number of hydrogen-bond donors (Lipinski definition) is 6. The molecule has 0 aromatic rings. The predicted octanol–water partition coefficient (Wildman–Crippen LogP) is 14.8. The van der Waals surface area contributed by atoms with Crippen molar-refractivity contribution in [3.63, 3.8) is 0 Å². The summed E-state index contributed by atoms with van der Waals surface area (Å²) in [6.45, 7) is 3.67. The molecule has 1 amide bonds. The van der Waals surface area contributed by atoms with E-state index in [1.165, 1.54) is 173 Å². The smallest absolute Gasteiger partial charge is 0.220 e. The first kappa shape index (κ1) is 66.6. The number of hydrogen-bond acceptors (Lipinski definition) is 8. The molecule has 0 spiro atoms. The van der Waals surface area contributed by atoms with Gasteiger partial charge in [0, 0.05) is 6.42 Å². The molecule has 71 heavy (non-hydrogen) atoms. The van der Waals surface area contributed by atoms with Crippen LogP contribution in [0.5, 0.6) is 0 Å². The number of amides is 1. The third kappa shape index (κ3) is 40.7. The van der Waals surface area contributed by atoms with Crippen LogP contribution in [-0.4, -0.2) is 87.5 Å². The fourth-order valence-corrected chi connectivity index (χ4v) is 9.11. The van der Waals surface area contributed by atoms with Gasteiger partial charge >= 0.3 is 0 Å². The standard InChI is InChI=1S/C62H111NO8/c1-3-5-7-9-11-13-15-17-19-21-23-25-27-28-30-32-34-36-38-40-42-44-46-48-50-52-58(66)63-55(54-70-62-61(69)60(68)59(67)57(53-64)71-62)56(65)51-49-47-45-43-41-39-37-35-33-31-29-26-24-22-20-18-16-14-12-10-8-6-4-2/h5,7,11,13,17,19,23,25,41,43,49,51,55-57,59-62,64-65,67-69H,3-4,6,8-10,12,14-16,18,20-22,24,26-40,42,44-48,50,52-54H2,1-2H3,(H,63,66)/b7-5-,13-11-,19-17-,25-23-,43-41+,51-49+. The molecular weight excluding hydrogens is 887 g/mol. The summed E-state index contributed by atoms with van der Waals surface area (Å²) in [5.74, 6) is -0.189. The van der Waals surface area contributed by atoms with Crippen molar-refractivity contribution < 1.29 is 39.8 Å². The van der Waals surface area contributed by atoms with Gasteiger partial charge in [0.15, 0.2) is 6.29 Å². The predicted molar refractivity (Wildman–Crippen MR) is 299 cm³/mol. The number of rotatable bonds is 50. The van der Waals surface area contributed by atoms with E-state index < -0.39 is 49.5 Å². The highest BCUT2D eigenvalue weighted by atomic mass is 16.7. The third-order valence-electron chi connectivity index (χ3n) is 13.8. The zero-order chi connectivity index (χ0) is 51.5. The number of aliphatic hydroxyl groups excluding tert-OH is 5. The van der Waals surface area contributed by atoms with Gasteiger partial charge in [0.1, 0.15) is 24.4 Å². The Kier molecular flexibility index (Phi) is 48.0. The second kappa shape index (κ2) is 51.1. The molecule has 1 aliphatic heterocycles. The maximum atomic E-state index is 13.1. The van der Waals surface area contributed by atoms with Gasteiger partial charge in [-0.2, -0.15) is 0 Å². The monoisotopic (exact) mass is 998 g/mol. The summed E-state index contributed by atoms with van der Waals surface area (Å²) in [5.41, 5.74) is 0.